The fourth-order valence-electron chi connectivity index (χ4n) is 4.32. The van der Waals surface area contributed by atoms with E-state index in [0.29, 0.717) is 30.1 Å². The van der Waals surface area contributed by atoms with Crippen molar-refractivity contribution >= 4 is 28.8 Å². The van der Waals surface area contributed by atoms with Gasteiger partial charge in [0.15, 0.2) is 0 Å². The summed E-state index contributed by atoms with van der Waals surface area (Å²) in [5, 5.41) is -0.0676. The molecule has 0 aromatic heterocycles. The number of hydrogen-bond donors (Lipinski definition) is 0. The molecule has 0 amide bonds. The van der Waals surface area contributed by atoms with Crippen molar-refractivity contribution < 1.29 is 37.7 Å². The fraction of sp³-hybridized carbons (Fsp3) is 0.219. The van der Waals surface area contributed by atoms with Crippen LogP contribution in [0.25, 0.3) is 11.1 Å². The minimum absolute atomic E-state index is 0.0380. The molecule has 1 unspecified atom stereocenters. The second-order valence-corrected chi connectivity index (χ2v) is 10.1. The van der Waals surface area contributed by atoms with Crippen LogP contribution in [0, 0.1) is 0 Å². The first-order valence-corrected chi connectivity index (χ1v) is 13.7. The number of hydrogen-bond acceptors (Lipinski definition) is 8. The molecule has 3 aromatic rings. The summed E-state index contributed by atoms with van der Waals surface area (Å²) in [4.78, 5) is 36.0. The highest BCUT2D eigenvalue weighted by atomic mass is 32.2. The average molecular weight is 577 g/mol. The smallest absolute Gasteiger partial charge is 0.366 e. The number of ether oxygens (including phenoxy) is 4. The Hall–Kier alpha value is -4.37. The third kappa shape index (κ3) is 7.64. The molecule has 0 radical (unpaired) electrons. The first-order valence-electron chi connectivity index (χ1n) is 12.9. The van der Waals surface area contributed by atoms with E-state index in [-0.39, 0.29) is 30.9 Å². The lowest BCUT2D eigenvalue weighted by Crippen LogP contribution is -2.10. The molecular formula is C32H29FO7S. The van der Waals surface area contributed by atoms with Gasteiger partial charge in [-0.1, -0.05) is 32.2 Å². The number of fused-ring (bicyclic) bond motifs is 3. The van der Waals surface area contributed by atoms with Crippen molar-refractivity contribution in [2.24, 2.45) is 0 Å². The summed E-state index contributed by atoms with van der Waals surface area (Å²) in [6.45, 7) is 9.01. The van der Waals surface area contributed by atoms with Crippen LogP contribution in [0.15, 0.2) is 90.6 Å². The van der Waals surface area contributed by atoms with Crippen molar-refractivity contribution in [3.05, 3.63) is 102 Å². The lowest BCUT2D eigenvalue weighted by molar-refractivity contribution is -0.141. The van der Waals surface area contributed by atoms with E-state index in [1.165, 1.54) is 0 Å². The Morgan fingerprint density at radius 1 is 0.854 bits per heavy atom. The quantitative estimate of drug-likeness (QED) is 0.0967. The summed E-state index contributed by atoms with van der Waals surface area (Å²) in [5.41, 5.74) is 4.96. The SMILES string of the molecule is C=CC(=O)OCCOc1ccc(SC(=O)c2ccc3c(c2)C(C)c2cc(OCCCOC(=O)C(=C)F)ccc2-3)cc1. The van der Waals surface area contributed by atoms with Gasteiger partial charge in [-0.05, 0) is 82.5 Å². The maximum atomic E-state index is 13.1. The normalized spacial score (nSPS) is 13.0. The molecule has 0 saturated heterocycles. The molecule has 7 nitrogen and oxygen atoms in total. The Morgan fingerprint density at radius 2 is 1.51 bits per heavy atom. The first-order chi connectivity index (χ1) is 19.8. The fourth-order valence-corrected chi connectivity index (χ4v) is 5.05. The monoisotopic (exact) mass is 576 g/mol. The van der Waals surface area contributed by atoms with Crippen molar-refractivity contribution in [1.82, 2.24) is 0 Å². The second kappa shape index (κ2) is 13.8. The van der Waals surface area contributed by atoms with Crippen LogP contribution >= 0.6 is 11.8 Å². The summed E-state index contributed by atoms with van der Waals surface area (Å²) < 4.78 is 33.6. The van der Waals surface area contributed by atoms with Gasteiger partial charge >= 0.3 is 11.9 Å². The zero-order valence-electron chi connectivity index (χ0n) is 22.5. The molecule has 1 aliphatic carbocycles. The lowest BCUT2D eigenvalue weighted by Gasteiger charge is -2.11. The van der Waals surface area contributed by atoms with Crippen LogP contribution in [0.2, 0.25) is 0 Å². The predicted octanol–water partition coefficient (Wildman–Crippen LogP) is 6.65. The van der Waals surface area contributed by atoms with Crippen molar-refractivity contribution in [3.63, 3.8) is 0 Å². The van der Waals surface area contributed by atoms with Crippen LogP contribution in [-0.4, -0.2) is 43.5 Å². The molecule has 0 aliphatic heterocycles. The number of halogens is 1. The maximum absolute atomic E-state index is 13.1. The van der Waals surface area contributed by atoms with E-state index in [1.54, 1.807) is 12.1 Å². The highest BCUT2D eigenvalue weighted by molar-refractivity contribution is 8.14. The van der Waals surface area contributed by atoms with Gasteiger partial charge in [-0.3, -0.25) is 4.79 Å². The Kier molecular flexibility index (Phi) is 9.97. The first kappa shape index (κ1) is 29.6. The molecule has 0 bridgehead atoms. The molecular weight excluding hydrogens is 547 g/mol. The Bertz CT molecular complexity index is 1470. The number of carbonyl (C=O) groups is 3. The van der Waals surface area contributed by atoms with Gasteiger partial charge in [0, 0.05) is 28.9 Å². The van der Waals surface area contributed by atoms with Crippen molar-refractivity contribution in [3.8, 4) is 22.6 Å². The van der Waals surface area contributed by atoms with Crippen LogP contribution in [0.3, 0.4) is 0 Å². The number of thioether (sulfide) groups is 1. The average Bonchev–Trinajstić information content (AvgIpc) is 3.26. The van der Waals surface area contributed by atoms with E-state index < -0.39 is 17.8 Å². The van der Waals surface area contributed by atoms with E-state index in [1.807, 2.05) is 48.5 Å². The molecule has 212 valence electrons. The van der Waals surface area contributed by atoms with Gasteiger partial charge in [-0.25, -0.2) is 9.59 Å². The van der Waals surface area contributed by atoms with Crippen LogP contribution in [-0.2, 0) is 19.1 Å². The number of carbonyl (C=O) groups excluding carboxylic acids is 3. The summed E-state index contributed by atoms with van der Waals surface area (Å²) >= 11 is 1.14. The van der Waals surface area contributed by atoms with Crippen LogP contribution < -0.4 is 9.47 Å². The van der Waals surface area contributed by atoms with Gasteiger partial charge < -0.3 is 18.9 Å². The summed E-state index contributed by atoms with van der Waals surface area (Å²) in [6.07, 6.45) is 1.51. The van der Waals surface area contributed by atoms with Crippen LogP contribution in [0.5, 0.6) is 11.5 Å². The van der Waals surface area contributed by atoms with E-state index in [2.05, 4.69) is 20.1 Å². The molecule has 0 saturated carbocycles. The molecule has 0 heterocycles. The summed E-state index contributed by atoms with van der Waals surface area (Å²) in [6, 6.07) is 18.8. The topological polar surface area (TPSA) is 88.1 Å². The van der Waals surface area contributed by atoms with Gasteiger partial charge in [-0.2, -0.15) is 4.39 Å². The molecule has 9 heteroatoms. The minimum atomic E-state index is -1.12. The van der Waals surface area contributed by atoms with Crippen LogP contribution in [0.1, 0.15) is 40.7 Å². The van der Waals surface area contributed by atoms with Gasteiger partial charge in [0.05, 0.1) is 13.2 Å². The second-order valence-electron chi connectivity index (χ2n) is 9.10. The summed E-state index contributed by atoms with van der Waals surface area (Å²) in [5.74, 6) is -1.32. The van der Waals surface area contributed by atoms with Gasteiger partial charge in [0.1, 0.15) is 24.7 Å². The third-order valence-electron chi connectivity index (χ3n) is 6.34. The highest BCUT2D eigenvalue weighted by Crippen LogP contribution is 2.46. The Morgan fingerprint density at radius 3 is 2.22 bits per heavy atom. The van der Waals surface area contributed by atoms with Gasteiger partial charge in [0.25, 0.3) is 0 Å². The highest BCUT2D eigenvalue weighted by Gasteiger charge is 2.27. The molecule has 4 rings (SSSR count). The standard InChI is InChI=1S/C32H29FO7S/c1-4-30(34)39-17-16-38-23-7-10-25(11-8-23)41-32(36)22-6-12-26-27-13-9-24(19-29(27)20(2)28(26)18-22)37-14-5-15-40-31(35)21(3)33/h4,6-13,18-20H,1,3,5,14-17H2,2H3. The largest absolute Gasteiger partial charge is 0.493 e. The zero-order valence-corrected chi connectivity index (χ0v) is 23.3. The summed E-state index contributed by atoms with van der Waals surface area (Å²) in [7, 11) is 0. The molecule has 41 heavy (non-hydrogen) atoms. The van der Waals surface area contributed by atoms with E-state index in [0.717, 1.165) is 45.0 Å². The molecule has 0 fully saturated rings. The van der Waals surface area contributed by atoms with E-state index in [4.69, 9.17) is 18.9 Å². The number of esters is 2. The van der Waals surface area contributed by atoms with Gasteiger partial charge in [0.2, 0.25) is 10.9 Å². The number of rotatable bonds is 13. The lowest BCUT2D eigenvalue weighted by atomic mass is 9.98. The minimum Gasteiger partial charge on any atom is -0.493 e. The molecule has 0 N–H and O–H groups in total. The van der Waals surface area contributed by atoms with Crippen molar-refractivity contribution in [1.29, 1.82) is 0 Å². The number of benzene rings is 3. The maximum Gasteiger partial charge on any atom is 0.366 e. The molecule has 1 atom stereocenters. The Labute approximate surface area is 241 Å². The van der Waals surface area contributed by atoms with Gasteiger partial charge in [-0.15, -0.1) is 0 Å². The van der Waals surface area contributed by atoms with E-state index >= 15 is 0 Å². The molecule has 1 aliphatic rings. The zero-order chi connectivity index (χ0) is 29.4. The predicted molar refractivity (Wildman–Crippen MR) is 154 cm³/mol. The van der Waals surface area contributed by atoms with E-state index in [9.17, 15) is 18.8 Å². The molecule has 3 aromatic carbocycles. The van der Waals surface area contributed by atoms with Crippen LogP contribution in [0.4, 0.5) is 4.39 Å². The van der Waals surface area contributed by atoms with Crippen molar-refractivity contribution in [2.45, 2.75) is 24.2 Å². The molecule has 0 spiro atoms. The van der Waals surface area contributed by atoms with Crippen molar-refractivity contribution in [2.75, 3.05) is 26.4 Å². The third-order valence-corrected chi connectivity index (χ3v) is 7.27. The Balaban J connectivity index is 1.32.